The van der Waals surface area contributed by atoms with E-state index in [1.807, 2.05) is 12.1 Å². The van der Waals surface area contributed by atoms with Crippen molar-refractivity contribution in [2.75, 3.05) is 36.8 Å². The van der Waals surface area contributed by atoms with Gasteiger partial charge in [0.15, 0.2) is 0 Å². The predicted octanol–water partition coefficient (Wildman–Crippen LogP) is 1.52. The first-order chi connectivity index (χ1) is 10.8. The Labute approximate surface area is 128 Å². The van der Waals surface area contributed by atoms with Gasteiger partial charge >= 0.3 is 0 Å². The molecule has 0 amide bonds. The number of benzene rings is 1. The van der Waals surface area contributed by atoms with E-state index >= 15 is 0 Å². The average Bonchev–Trinajstić information content (AvgIpc) is 2.57. The van der Waals surface area contributed by atoms with Crippen LogP contribution in [0.2, 0.25) is 0 Å². The van der Waals surface area contributed by atoms with Crippen LogP contribution in [0.15, 0.2) is 36.7 Å². The Morgan fingerprint density at radius 3 is 1.59 bits per heavy atom. The van der Waals surface area contributed by atoms with Crippen LogP contribution in [0.25, 0.3) is 21.8 Å². The summed E-state index contributed by atoms with van der Waals surface area (Å²) >= 11 is 0. The zero-order chi connectivity index (χ0) is 15.4. The number of nitrogens with two attached hydrogens (primary N) is 2. The molecule has 0 aliphatic rings. The maximum atomic E-state index is 5.57. The second-order valence-electron chi connectivity index (χ2n) is 5.01. The number of hydrogen-bond acceptors (Lipinski definition) is 6. The molecule has 22 heavy (non-hydrogen) atoms. The van der Waals surface area contributed by atoms with Gasteiger partial charge in [0.05, 0.1) is 11.0 Å². The molecule has 0 saturated carbocycles. The molecule has 0 fully saturated rings. The zero-order valence-electron chi connectivity index (χ0n) is 12.3. The van der Waals surface area contributed by atoms with E-state index in [9.17, 15) is 0 Å². The third-order valence-electron chi connectivity index (χ3n) is 3.54. The highest BCUT2D eigenvalue weighted by Crippen LogP contribution is 2.30. The molecule has 3 rings (SSSR count). The molecule has 1 aromatic carbocycles. The third-order valence-corrected chi connectivity index (χ3v) is 3.54. The molecule has 0 bridgehead atoms. The summed E-state index contributed by atoms with van der Waals surface area (Å²) < 4.78 is 0. The van der Waals surface area contributed by atoms with Gasteiger partial charge in [0.25, 0.3) is 0 Å². The molecule has 0 saturated heterocycles. The molecule has 0 unspecified atom stereocenters. The standard InChI is InChI=1S/C16H20N6/c17-5-9-19-13-3-7-21-15-11(13)1-2-12-14(20-10-6-18)4-8-22-16(12)15/h1-4,7-8H,5-6,9-10,17-18H2,(H,19,21)(H,20,22). The predicted molar refractivity (Wildman–Crippen MR) is 92.1 cm³/mol. The lowest BCUT2D eigenvalue weighted by Crippen LogP contribution is -2.13. The minimum absolute atomic E-state index is 0.586. The molecule has 3 aromatic rings. The Kier molecular flexibility index (Phi) is 4.32. The monoisotopic (exact) mass is 296 g/mol. The van der Waals surface area contributed by atoms with Gasteiger partial charge < -0.3 is 22.1 Å². The topological polar surface area (TPSA) is 102 Å². The van der Waals surface area contributed by atoms with Crippen LogP contribution in [-0.4, -0.2) is 36.1 Å². The van der Waals surface area contributed by atoms with Crippen molar-refractivity contribution in [3.63, 3.8) is 0 Å². The quantitative estimate of drug-likeness (QED) is 0.514. The van der Waals surface area contributed by atoms with Crippen LogP contribution in [-0.2, 0) is 0 Å². The van der Waals surface area contributed by atoms with Crippen LogP contribution in [0.5, 0.6) is 0 Å². The van der Waals surface area contributed by atoms with Gasteiger partial charge in [0.2, 0.25) is 0 Å². The van der Waals surface area contributed by atoms with Crippen molar-refractivity contribution in [1.29, 1.82) is 0 Å². The number of rotatable bonds is 6. The van der Waals surface area contributed by atoms with Crippen molar-refractivity contribution in [1.82, 2.24) is 9.97 Å². The third kappa shape index (κ3) is 2.66. The fraction of sp³-hybridized carbons (Fsp3) is 0.250. The van der Waals surface area contributed by atoms with Gasteiger partial charge in [-0.25, -0.2) is 0 Å². The fourth-order valence-corrected chi connectivity index (χ4v) is 2.55. The minimum Gasteiger partial charge on any atom is -0.383 e. The highest BCUT2D eigenvalue weighted by atomic mass is 14.9. The van der Waals surface area contributed by atoms with Crippen LogP contribution in [0.1, 0.15) is 0 Å². The normalized spacial score (nSPS) is 11.0. The summed E-state index contributed by atoms with van der Waals surface area (Å²) in [6.45, 7) is 2.62. The number of fused-ring (bicyclic) bond motifs is 3. The van der Waals surface area contributed by atoms with Crippen LogP contribution in [0.3, 0.4) is 0 Å². The van der Waals surface area contributed by atoms with E-state index < -0.39 is 0 Å². The van der Waals surface area contributed by atoms with E-state index in [2.05, 4.69) is 32.7 Å². The Bertz CT molecular complexity index is 719. The van der Waals surface area contributed by atoms with E-state index in [1.54, 1.807) is 12.4 Å². The van der Waals surface area contributed by atoms with Crippen molar-refractivity contribution in [3.8, 4) is 0 Å². The van der Waals surface area contributed by atoms with Crippen LogP contribution < -0.4 is 22.1 Å². The van der Waals surface area contributed by atoms with E-state index in [4.69, 9.17) is 11.5 Å². The van der Waals surface area contributed by atoms with E-state index in [0.29, 0.717) is 13.1 Å². The summed E-state index contributed by atoms with van der Waals surface area (Å²) in [7, 11) is 0. The number of nitrogens with one attached hydrogen (secondary N) is 2. The molecule has 6 N–H and O–H groups in total. The van der Waals surface area contributed by atoms with E-state index in [-0.39, 0.29) is 0 Å². The summed E-state index contributed by atoms with van der Waals surface area (Å²) in [6.07, 6.45) is 3.59. The Balaban J connectivity index is 2.15. The summed E-state index contributed by atoms with van der Waals surface area (Å²) in [5.41, 5.74) is 15.0. The Hall–Kier alpha value is -2.44. The van der Waals surface area contributed by atoms with Crippen molar-refractivity contribution in [2.45, 2.75) is 0 Å². The van der Waals surface area contributed by atoms with Gasteiger partial charge in [-0.3, -0.25) is 9.97 Å². The molecule has 0 atom stereocenters. The summed E-state index contributed by atoms with van der Waals surface area (Å²) in [4.78, 5) is 9.03. The molecule has 0 spiro atoms. The first kappa shape index (κ1) is 14.5. The first-order valence-electron chi connectivity index (χ1n) is 7.39. The zero-order valence-corrected chi connectivity index (χ0v) is 12.3. The molecule has 6 nitrogen and oxygen atoms in total. The second kappa shape index (κ2) is 6.55. The molecule has 114 valence electrons. The lowest BCUT2D eigenvalue weighted by atomic mass is 10.1. The maximum Gasteiger partial charge on any atom is 0.0986 e. The van der Waals surface area contributed by atoms with Crippen LogP contribution >= 0.6 is 0 Å². The second-order valence-corrected chi connectivity index (χ2v) is 5.01. The van der Waals surface area contributed by atoms with Gasteiger partial charge in [-0.1, -0.05) is 0 Å². The van der Waals surface area contributed by atoms with Crippen molar-refractivity contribution in [3.05, 3.63) is 36.7 Å². The van der Waals surface area contributed by atoms with Gasteiger partial charge in [0, 0.05) is 60.7 Å². The average molecular weight is 296 g/mol. The fourth-order valence-electron chi connectivity index (χ4n) is 2.55. The van der Waals surface area contributed by atoms with Crippen molar-refractivity contribution >= 4 is 33.2 Å². The molecule has 0 aliphatic heterocycles. The largest absolute Gasteiger partial charge is 0.383 e. The van der Waals surface area contributed by atoms with Crippen LogP contribution in [0, 0.1) is 0 Å². The maximum absolute atomic E-state index is 5.57. The van der Waals surface area contributed by atoms with Gasteiger partial charge in [-0.2, -0.15) is 0 Å². The lowest BCUT2D eigenvalue weighted by Gasteiger charge is -2.12. The van der Waals surface area contributed by atoms with Crippen LogP contribution in [0.4, 0.5) is 11.4 Å². The van der Waals surface area contributed by atoms with Gasteiger partial charge in [0.1, 0.15) is 0 Å². The number of aromatic nitrogens is 2. The molecular weight excluding hydrogens is 276 g/mol. The molecular formula is C16H20N6. The lowest BCUT2D eigenvalue weighted by molar-refractivity contribution is 1.03. The number of nitrogens with zero attached hydrogens (tertiary/aromatic N) is 2. The van der Waals surface area contributed by atoms with Gasteiger partial charge in [-0.05, 0) is 24.3 Å². The SMILES string of the molecule is NCCNc1ccnc2c1ccc1c(NCCN)ccnc12. The van der Waals surface area contributed by atoms with Gasteiger partial charge in [-0.15, -0.1) is 0 Å². The van der Waals surface area contributed by atoms with E-state index in [1.165, 1.54) is 0 Å². The first-order valence-corrected chi connectivity index (χ1v) is 7.39. The summed E-state index contributed by atoms with van der Waals surface area (Å²) in [5, 5.41) is 8.75. The molecule has 6 heteroatoms. The minimum atomic E-state index is 0.586. The highest BCUT2D eigenvalue weighted by molar-refractivity contribution is 6.10. The number of anilines is 2. The smallest absolute Gasteiger partial charge is 0.0986 e. The highest BCUT2D eigenvalue weighted by Gasteiger charge is 2.09. The van der Waals surface area contributed by atoms with E-state index in [0.717, 1.165) is 46.3 Å². The summed E-state index contributed by atoms with van der Waals surface area (Å²) in [6, 6.07) is 8.05. The van der Waals surface area contributed by atoms with Crippen molar-refractivity contribution < 1.29 is 0 Å². The number of hydrogen-bond donors (Lipinski definition) is 4. The van der Waals surface area contributed by atoms with Crippen molar-refractivity contribution in [2.24, 2.45) is 11.5 Å². The Morgan fingerprint density at radius 2 is 1.18 bits per heavy atom. The Morgan fingerprint density at radius 1 is 0.727 bits per heavy atom. The molecule has 0 aliphatic carbocycles. The summed E-state index contributed by atoms with van der Waals surface area (Å²) in [5.74, 6) is 0. The number of pyridine rings is 2. The molecule has 2 aromatic heterocycles. The molecule has 0 radical (unpaired) electrons. The molecule has 2 heterocycles.